The normalized spacial score (nSPS) is 12.3. The summed E-state index contributed by atoms with van der Waals surface area (Å²) >= 11 is 18.0. The van der Waals surface area contributed by atoms with Crippen LogP contribution in [0.2, 0.25) is 15.1 Å². The largest absolute Gasteiger partial charge is 0.717 e. The fourth-order valence-electron chi connectivity index (χ4n) is 2.54. The fraction of sp³-hybridized carbons (Fsp3) is 0.143. The van der Waals surface area contributed by atoms with Crippen LogP contribution < -0.4 is 19.0 Å². The van der Waals surface area contributed by atoms with Crippen molar-refractivity contribution in [2.45, 2.75) is 19.0 Å². The average Bonchev–Trinajstić information content (AvgIpc) is 2.72. The zero-order valence-corrected chi connectivity index (χ0v) is 18.9. The topological polar surface area (TPSA) is 53.7 Å². The van der Waals surface area contributed by atoms with Gasteiger partial charge in [-0.05, 0) is 79.2 Å². The van der Waals surface area contributed by atoms with E-state index in [-0.39, 0.29) is 0 Å². The summed E-state index contributed by atoms with van der Waals surface area (Å²) in [5.74, 6) is 1.65. The summed E-state index contributed by atoms with van der Waals surface area (Å²) in [4.78, 5) is 0. The average molecular weight is 469 g/mol. The third-order valence-electron chi connectivity index (χ3n) is 4.12. The zero-order chi connectivity index (χ0) is 20.9. The van der Waals surface area contributed by atoms with Crippen LogP contribution in [-0.4, -0.2) is 14.5 Å². The minimum Gasteiger partial charge on any atom is -0.483 e. The van der Waals surface area contributed by atoms with Crippen LogP contribution in [0.5, 0.6) is 17.2 Å². The maximum absolute atomic E-state index is 6.49. The molecule has 8 heteroatoms. The van der Waals surface area contributed by atoms with Gasteiger partial charge < -0.3 is 19.0 Å². The first-order valence-corrected chi connectivity index (χ1v) is 11.9. The second-order valence-electron chi connectivity index (χ2n) is 6.29. The lowest BCUT2D eigenvalue weighted by atomic mass is 10.3. The molecular weight excluding hydrogens is 449 g/mol. The Balaban J connectivity index is 2.01. The summed E-state index contributed by atoms with van der Waals surface area (Å²) in [5, 5.41) is 1.80. The maximum Gasteiger partial charge on any atom is 0.717 e. The van der Waals surface area contributed by atoms with Gasteiger partial charge >= 0.3 is 8.80 Å². The molecule has 3 rings (SSSR count). The van der Waals surface area contributed by atoms with Gasteiger partial charge in [0.05, 0.1) is 0 Å². The minimum absolute atomic E-state index is 0.496. The van der Waals surface area contributed by atoms with Crippen molar-refractivity contribution in [1.82, 2.24) is 0 Å². The molecule has 0 fully saturated rings. The van der Waals surface area contributed by atoms with Gasteiger partial charge in [-0.3, -0.25) is 0 Å². The van der Waals surface area contributed by atoms with E-state index in [0.29, 0.717) is 38.7 Å². The van der Waals surface area contributed by atoms with Crippen molar-refractivity contribution in [3.05, 3.63) is 87.9 Å². The van der Waals surface area contributed by atoms with Gasteiger partial charge in [-0.1, -0.05) is 41.7 Å². The number of nitrogens with two attached hydrogens (primary N) is 1. The Labute approximate surface area is 186 Å². The Morgan fingerprint density at radius 1 is 0.655 bits per heavy atom. The first kappa shape index (κ1) is 21.8. The molecule has 1 unspecified atom stereocenters. The monoisotopic (exact) mass is 467 g/mol. The second kappa shape index (κ2) is 9.74. The van der Waals surface area contributed by atoms with Crippen LogP contribution in [-0.2, 0) is 0 Å². The summed E-state index contributed by atoms with van der Waals surface area (Å²) in [6, 6.07) is 20.9. The number of hydrogen-bond acceptors (Lipinski definition) is 4. The van der Waals surface area contributed by atoms with E-state index in [2.05, 4.69) is 0 Å². The van der Waals surface area contributed by atoms with Crippen LogP contribution >= 0.6 is 34.8 Å². The molecule has 4 nitrogen and oxygen atoms in total. The van der Waals surface area contributed by atoms with Crippen molar-refractivity contribution in [3.8, 4) is 17.2 Å². The minimum atomic E-state index is -3.53. The number of halogens is 3. The molecule has 0 aliphatic heterocycles. The molecule has 0 radical (unpaired) electrons. The summed E-state index contributed by atoms with van der Waals surface area (Å²) in [6.07, 6.45) is 0.584. The molecule has 2 N–H and O–H groups in total. The first-order valence-electron chi connectivity index (χ1n) is 8.99. The molecule has 0 saturated heterocycles. The molecule has 0 amide bonds. The van der Waals surface area contributed by atoms with E-state index in [1.54, 1.807) is 72.8 Å². The molecule has 3 aromatic rings. The summed E-state index contributed by atoms with van der Waals surface area (Å²) in [7, 11) is -3.53. The molecule has 0 bridgehead atoms. The Hall–Kier alpha value is -1.89. The van der Waals surface area contributed by atoms with Crippen molar-refractivity contribution >= 4 is 43.6 Å². The van der Waals surface area contributed by atoms with Gasteiger partial charge in [0.15, 0.2) is 0 Å². The van der Waals surface area contributed by atoms with E-state index in [9.17, 15) is 0 Å². The third-order valence-corrected chi connectivity index (χ3v) is 7.75. The molecule has 29 heavy (non-hydrogen) atoms. The molecule has 0 aliphatic carbocycles. The lowest BCUT2D eigenvalue weighted by Crippen LogP contribution is -2.67. The summed E-state index contributed by atoms with van der Waals surface area (Å²) < 4.78 is 19.0. The van der Waals surface area contributed by atoms with Crippen LogP contribution in [0.25, 0.3) is 0 Å². The highest BCUT2D eigenvalue weighted by molar-refractivity contribution is 6.64. The van der Waals surface area contributed by atoms with Crippen molar-refractivity contribution < 1.29 is 13.3 Å². The van der Waals surface area contributed by atoms with E-state index < -0.39 is 14.5 Å². The molecule has 0 aromatic heterocycles. The molecule has 1 atom stereocenters. The van der Waals surface area contributed by atoms with Crippen molar-refractivity contribution in [2.24, 2.45) is 5.73 Å². The van der Waals surface area contributed by atoms with Gasteiger partial charge in [-0.25, -0.2) is 0 Å². The van der Waals surface area contributed by atoms with Gasteiger partial charge in [-0.2, -0.15) is 0 Å². The Bertz CT molecular complexity index is 806. The Morgan fingerprint density at radius 3 is 1.17 bits per heavy atom. The standard InChI is InChI=1S/C21H20Cl3NO3Si/c1-2-21(25)29(26-18-9-3-15(22)4-10-18,27-19-11-5-16(23)6-12-19)28-20-13-7-17(24)8-14-20/h3-14,21H,2,25H2,1H3. The molecule has 0 aliphatic rings. The molecule has 0 heterocycles. The van der Waals surface area contributed by atoms with E-state index in [0.717, 1.165) is 0 Å². The molecule has 152 valence electrons. The van der Waals surface area contributed by atoms with E-state index >= 15 is 0 Å². The predicted molar refractivity (Wildman–Crippen MR) is 120 cm³/mol. The van der Waals surface area contributed by atoms with Gasteiger partial charge in [0, 0.05) is 15.1 Å². The molecular formula is C21H20Cl3NO3Si. The fourth-order valence-corrected chi connectivity index (χ4v) is 5.39. The number of rotatable bonds is 8. The quantitative estimate of drug-likeness (QED) is 0.389. The smallest absolute Gasteiger partial charge is 0.483 e. The SMILES string of the molecule is CCC(N)[Si](Oc1ccc(Cl)cc1)(Oc1ccc(Cl)cc1)Oc1ccc(Cl)cc1. The van der Waals surface area contributed by atoms with Gasteiger partial charge in [0.25, 0.3) is 0 Å². The number of benzene rings is 3. The van der Waals surface area contributed by atoms with Crippen molar-refractivity contribution in [2.75, 3.05) is 0 Å². The molecule has 0 spiro atoms. The van der Waals surface area contributed by atoms with Crippen molar-refractivity contribution in [3.63, 3.8) is 0 Å². The van der Waals surface area contributed by atoms with Gasteiger partial charge in [-0.15, -0.1) is 0 Å². The highest BCUT2D eigenvalue weighted by Gasteiger charge is 2.55. The van der Waals surface area contributed by atoms with Crippen LogP contribution in [0.4, 0.5) is 0 Å². The van der Waals surface area contributed by atoms with Crippen LogP contribution in [0.15, 0.2) is 72.8 Å². The van der Waals surface area contributed by atoms with E-state index in [1.807, 2.05) is 6.92 Å². The zero-order valence-electron chi connectivity index (χ0n) is 15.6. The van der Waals surface area contributed by atoms with E-state index in [4.69, 9.17) is 53.8 Å². The lowest BCUT2D eigenvalue weighted by molar-refractivity contribution is 0.243. The van der Waals surface area contributed by atoms with Crippen LogP contribution in [0, 0.1) is 0 Å². The Kier molecular flexibility index (Phi) is 7.32. The third kappa shape index (κ3) is 5.81. The molecule has 0 saturated carbocycles. The maximum atomic E-state index is 6.49. The molecule has 3 aromatic carbocycles. The second-order valence-corrected chi connectivity index (χ2v) is 10.2. The van der Waals surface area contributed by atoms with Gasteiger partial charge in [0.2, 0.25) is 0 Å². The number of hydrogen-bond donors (Lipinski definition) is 1. The van der Waals surface area contributed by atoms with Crippen LogP contribution in [0.1, 0.15) is 13.3 Å². The van der Waals surface area contributed by atoms with Gasteiger partial charge in [0.1, 0.15) is 22.9 Å². The van der Waals surface area contributed by atoms with E-state index in [1.165, 1.54) is 0 Å². The highest BCUT2D eigenvalue weighted by atomic mass is 35.5. The highest BCUT2D eigenvalue weighted by Crippen LogP contribution is 2.28. The van der Waals surface area contributed by atoms with Crippen LogP contribution in [0.3, 0.4) is 0 Å². The predicted octanol–water partition coefficient (Wildman–Crippen LogP) is 6.40. The van der Waals surface area contributed by atoms with Crippen molar-refractivity contribution in [1.29, 1.82) is 0 Å². The first-order chi connectivity index (χ1) is 13.9. The summed E-state index contributed by atoms with van der Waals surface area (Å²) in [6.45, 7) is 1.95. The summed E-state index contributed by atoms with van der Waals surface area (Å²) in [5.41, 5.74) is 6.00. The Morgan fingerprint density at radius 2 is 0.931 bits per heavy atom. The lowest BCUT2D eigenvalue weighted by Gasteiger charge is -2.33.